The maximum absolute atomic E-state index is 12.4. The Morgan fingerprint density at radius 2 is 1.82 bits per heavy atom. The van der Waals surface area contributed by atoms with Gasteiger partial charge in [-0.1, -0.05) is 57.0 Å². The average molecular weight is 396 g/mol. The van der Waals surface area contributed by atoms with Crippen LogP contribution in [0.2, 0.25) is 0 Å². The summed E-state index contributed by atoms with van der Waals surface area (Å²) >= 11 is 0. The lowest BCUT2D eigenvalue weighted by atomic mass is 10.1. The number of benzene rings is 1. The van der Waals surface area contributed by atoms with Gasteiger partial charge in [0.25, 0.3) is 0 Å². The molecule has 0 aliphatic heterocycles. The van der Waals surface area contributed by atoms with E-state index in [1.807, 2.05) is 19.9 Å². The number of ether oxygens (including phenoxy) is 1. The van der Waals surface area contributed by atoms with E-state index in [0.29, 0.717) is 12.0 Å². The van der Waals surface area contributed by atoms with Crippen molar-refractivity contribution in [2.75, 3.05) is 13.2 Å². The zero-order valence-electron chi connectivity index (χ0n) is 16.6. The molecule has 0 aliphatic carbocycles. The van der Waals surface area contributed by atoms with Gasteiger partial charge in [-0.15, -0.1) is 0 Å². The van der Waals surface area contributed by atoms with Gasteiger partial charge in [-0.05, 0) is 18.4 Å². The lowest BCUT2D eigenvalue weighted by molar-refractivity contribution is -0.148. The van der Waals surface area contributed by atoms with Crippen LogP contribution in [0.1, 0.15) is 51.1 Å². The predicted octanol–water partition coefficient (Wildman–Crippen LogP) is 0.584. The highest BCUT2D eigenvalue weighted by molar-refractivity contribution is 5.86. The molecule has 2 unspecified atom stereocenters. The standard InChI is InChI=1S/C20H33N3O5/c1-3-5-12-28-20(27)17(14-10-7-6-8-11-14)23-16(24)13-22-19(26)18(25)15(21)9-4-2/h6-8,10-11,15,17-19,22,25-26H,3-5,9,12-13,21H2,1-2H3,(H,23,24)/t15?,17-,18?,19-/m0/s1. The van der Waals surface area contributed by atoms with Crippen molar-refractivity contribution in [3.05, 3.63) is 35.9 Å². The smallest absolute Gasteiger partial charge is 0.333 e. The molecular formula is C20H33N3O5. The zero-order valence-corrected chi connectivity index (χ0v) is 16.6. The first kappa shape index (κ1) is 24.0. The summed E-state index contributed by atoms with van der Waals surface area (Å²) in [6.07, 6.45) is 0.400. The number of nitrogens with two attached hydrogens (primary N) is 1. The number of carbonyl (C=O) groups is 2. The third-order valence-electron chi connectivity index (χ3n) is 4.27. The Labute approximate surface area is 166 Å². The fourth-order valence-electron chi connectivity index (χ4n) is 2.59. The molecule has 0 aromatic heterocycles. The van der Waals surface area contributed by atoms with E-state index in [2.05, 4.69) is 10.6 Å². The van der Waals surface area contributed by atoms with Crippen molar-refractivity contribution in [1.82, 2.24) is 10.6 Å². The van der Waals surface area contributed by atoms with Crippen molar-refractivity contribution >= 4 is 11.9 Å². The topological polar surface area (TPSA) is 134 Å². The second-order valence-corrected chi connectivity index (χ2v) is 6.70. The Morgan fingerprint density at radius 1 is 1.14 bits per heavy atom. The molecule has 0 heterocycles. The molecule has 1 aromatic carbocycles. The van der Waals surface area contributed by atoms with Crippen LogP contribution in [0, 0.1) is 0 Å². The van der Waals surface area contributed by atoms with Crippen molar-refractivity contribution < 1.29 is 24.5 Å². The monoisotopic (exact) mass is 395 g/mol. The number of aliphatic hydroxyl groups is 2. The van der Waals surface area contributed by atoms with E-state index in [4.69, 9.17) is 10.5 Å². The van der Waals surface area contributed by atoms with Crippen LogP contribution < -0.4 is 16.4 Å². The van der Waals surface area contributed by atoms with Gasteiger partial charge in [0.15, 0.2) is 6.04 Å². The second kappa shape index (κ2) is 13.2. The van der Waals surface area contributed by atoms with E-state index in [9.17, 15) is 19.8 Å². The maximum atomic E-state index is 12.4. The highest BCUT2D eigenvalue weighted by Gasteiger charge is 2.26. The van der Waals surface area contributed by atoms with Crippen molar-refractivity contribution in [3.63, 3.8) is 0 Å². The molecule has 0 radical (unpaired) electrons. The van der Waals surface area contributed by atoms with E-state index in [1.54, 1.807) is 24.3 Å². The highest BCUT2D eigenvalue weighted by Crippen LogP contribution is 2.14. The summed E-state index contributed by atoms with van der Waals surface area (Å²) in [4.78, 5) is 24.7. The summed E-state index contributed by atoms with van der Waals surface area (Å²) < 4.78 is 5.24. The minimum Gasteiger partial charge on any atom is -0.464 e. The van der Waals surface area contributed by atoms with Gasteiger partial charge in [0.2, 0.25) is 5.91 Å². The number of nitrogens with one attached hydrogen (secondary N) is 2. The molecular weight excluding hydrogens is 362 g/mol. The van der Waals surface area contributed by atoms with Gasteiger partial charge in [0.1, 0.15) is 12.3 Å². The quantitative estimate of drug-likeness (QED) is 0.187. The molecule has 28 heavy (non-hydrogen) atoms. The van der Waals surface area contributed by atoms with Crippen LogP contribution in [0.25, 0.3) is 0 Å². The molecule has 8 heteroatoms. The number of aliphatic hydroxyl groups excluding tert-OH is 2. The summed E-state index contributed by atoms with van der Waals surface area (Å²) in [5, 5.41) is 25.0. The van der Waals surface area contributed by atoms with Crippen LogP contribution in [-0.2, 0) is 14.3 Å². The molecule has 0 bridgehead atoms. The van der Waals surface area contributed by atoms with E-state index >= 15 is 0 Å². The molecule has 1 rings (SSSR count). The van der Waals surface area contributed by atoms with Crippen LogP contribution in [0.15, 0.2) is 30.3 Å². The molecule has 4 atom stereocenters. The number of amides is 1. The van der Waals surface area contributed by atoms with Crippen LogP contribution >= 0.6 is 0 Å². The second-order valence-electron chi connectivity index (χ2n) is 6.70. The summed E-state index contributed by atoms with van der Waals surface area (Å²) in [6.45, 7) is 3.90. The van der Waals surface area contributed by atoms with E-state index in [1.165, 1.54) is 0 Å². The lowest BCUT2D eigenvalue weighted by Gasteiger charge is -2.24. The Bertz CT molecular complexity index is 584. The number of hydrogen-bond acceptors (Lipinski definition) is 7. The molecule has 0 saturated carbocycles. The van der Waals surface area contributed by atoms with Gasteiger partial charge in [-0.3, -0.25) is 10.1 Å². The first-order chi connectivity index (χ1) is 13.4. The first-order valence-electron chi connectivity index (χ1n) is 9.76. The van der Waals surface area contributed by atoms with Gasteiger partial charge >= 0.3 is 5.97 Å². The van der Waals surface area contributed by atoms with Crippen molar-refractivity contribution in [2.24, 2.45) is 5.73 Å². The zero-order chi connectivity index (χ0) is 20.9. The van der Waals surface area contributed by atoms with Gasteiger partial charge < -0.3 is 26.0 Å². The van der Waals surface area contributed by atoms with E-state index in [0.717, 1.165) is 19.3 Å². The largest absolute Gasteiger partial charge is 0.464 e. The molecule has 158 valence electrons. The summed E-state index contributed by atoms with van der Waals surface area (Å²) in [7, 11) is 0. The molecule has 6 N–H and O–H groups in total. The number of carbonyl (C=O) groups excluding carboxylic acids is 2. The van der Waals surface area contributed by atoms with E-state index in [-0.39, 0.29) is 13.2 Å². The predicted molar refractivity (Wildman–Crippen MR) is 106 cm³/mol. The van der Waals surface area contributed by atoms with Gasteiger partial charge in [-0.25, -0.2) is 4.79 Å². The Kier molecular flexibility index (Phi) is 11.4. The maximum Gasteiger partial charge on any atom is 0.333 e. The minimum atomic E-state index is -1.35. The van der Waals surface area contributed by atoms with Crippen LogP contribution in [0.3, 0.4) is 0 Å². The number of esters is 1. The van der Waals surface area contributed by atoms with Crippen LogP contribution in [-0.4, -0.2) is 53.6 Å². The average Bonchev–Trinajstić information content (AvgIpc) is 2.70. The normalized spacial score (nSPS) is 15.3. The van der Waals surface area contributed by atoms with Crippen molar-refractivity contribution in [1.29, 1.82) is 0 Å². The number of rotatable bonds is 13. The molecule has 0 saturated heterocycles. The SMILES string of the molecule is CCCCOC(=O)[C@@H](NC(=O)CN[C@@H](O)C(O)C(N)CCC)c1ccccc1. The van der Waals surface area contributed by atoms with Gasteiger partial charge in [0.05, 0.1) is 13.2 Å². The van der Waals surface area contributed by atoms with Gasteiger partial charge in [-0.2, -0.15) is 0 Å². The van der Waals surface area contributed by atoms with E-state index < -0.39 is 36.3 Å². The highest BCUT2D eigenvalue weighted by atomic mass is 16.5. The third-order valence-corrected chi connectivity index (χ3v) is 4.27. The Balaban J connectivity index is 2.64. The molecule has 0 spiro atoms. The number of unbranched alkanes of at least 4 members (excludes halogenated alkanes) is 1. The van der Waals surface area contributed by atoms with Crippen molar-refractivity contribution in [3.8, 4) is 0 Å². The molecule has 1 aromatic rings. The van der Waals surface area contributed by atoms with Crippen molar-refractivity contribution in [2.45, 2.75) is 63.9 Å². The first-order valence-corrected chi connectivity index (χ1v) is 9.76. The molecule has 1 amide bonds. The van der Waals surface area contributed by atoms with Crippen LogP contribution in [0.4, 0.5) is 0 Å². The third kappa shape index (κ3) is 8.35. The van der Waals surface area contributed by atoms with Gasteiger partial charge in [0, 0.05) is 6.04 Å². The minimum absolute atomic E-state index is 0.285. The van der Waals surface area contributed by atoms with Crippen LogP contribution in [0.5, 0.6) is 0 Å². The molecule has 0 fully saturated rings. The summed E-state index contributed by atoms with van der Waals surface area (Å²) in [5.74, 6) is -1.06. The fourth-order valence-corrected chi connectivity index (χ4v) is 2.59. The fraction of sp³-hybridized carbons (Fsp3) is 0.600. The summed E-state index contributed by atoms with van der Waals surface area (Å²) in [5.41, 5.74) is 6.38. The molecule has 8 nitrogen and oxygen atoms in total. The Hall–Kier alpha value is -2.00. The number of hydrogen-bond donors (Lipinski definition) is 5. The lowest BCUT2D eigenvalue weighted by Crippen LogP contribution is -2.52. The molecule has 0 aliphatic rings. The summed E-state index contributed by atoms with van der Waals surface area (Å²) in [6, 6.07) is 7.24. The Morgan fingerprint density at radius 3 is 2.43 bits per heavy atom.